The van der Waals surface area contributed by atoms with Crippen LogP contribution in [0.5, 0.6) is 0 Å². The molecule has 0 aliphatic rings. The molecule has 0 saturated heterocycles. The van der Waals surface area contributed by atoms with Crippen molar-refractivity contribution >= 4 is 120 Å². The van der Waals surface area contributed by atoms with E-state index in [1.165, 1.54) is 42.1 Å². The van der Waals surface area contributed by atoms with E-state index in [-0.39, 0.29) is 0 Å². The van der Waals surface area contributed by atoms with Crippen LogP contribution in [-0.2, 0) is 0 Å². The fraction of sp³-hybridized carbons (Fsp3) is 0. The van der Waals surface area contributed by atoms with Crippen LogP contribution in [0.3, 0.4) is 0 Å². The van der Waals surface area contributed by atoms with Crippen molar-refractivity contribution in [3.05, 3.63) is 231 Å². The smallest absolute Gasteiger partial charge is 0.160 e. The summed E-state index contributed by atoms with van der Waals surface area (Å²) in [6.07, 6.45) is 0. The van der Waals surface area contributed by atoms with Gasteiger partial charge in [0.1, 0.15) is 5.58 Å². The molecule has 13 rings (SSSR count). The van der Waals surface area contributed by atoms with Crippen LogP contribution in [0.2, 0.25) is 0 Å². The number of para-hydroxylation sites is 1. The van der Waals surface area contributed by atoms with Crippen LogP contribution in [0.25, 0.3) is 85.6 Å². The summed E-state index contributed by atoms with van der Waals surface area (Å²) in [4.78, 5) is 4.86. The quantitative estimate of drug-likeness (QED) is 0.159. The lowest BCUT2D eigenvalue weighted by atomic mass is 9.97. The molecule has 0 saturated carbocycles. The minimum atomic E-state index is 0.844. The zero-order valence-electron chi connectivity index (χ0n) is 34.7. The van der Waals surface area contributed by atoms with Crippen LogP contribution >= 0.6 is 11.3 Å². The monoisotopic (exact) mass is 834 g/mol. The lowest BCUT2D eigenvalue weighted by molar-refractivity contribution is 0.673. The Morgan fingerprint density at radius 1 is 0.297 bits per heavy atom. The Bertz CT molecular complexity index is 3900. The molecule has 0 unspecified atom stereocenters. The van der Waals surface area contributed by atoms with Crippen molar-refractivity contribution < 1.29 is 4.42 Å². The van der Waals surface area contributed by atoms with Gasteiger partial charge in [0.25, 0.3) is 0 Å². The Balaban J connectivity index is 1.14. The first-order valence-electron chi connectivity index (χ1n) is 21.8. The van der Waals surface area contributed by atoms with Gasteiger partial charge in [-0.3, -0.25) is 0 Å². The van der Waals surface area contributed by atoms with Crippen LogP contribution in [0.15, 0.2) is 235 Å². The van der Waals surface area contributed by atoms with E-state index in [0.29, 0.717) is 0 Å². The third kappa shape index (κ3) is 5.73. The van der Waals surface area contributed by atoms with Gasteiger partial charge in [-0.25, -0.2) is 0 Å². The number of fused-ring (bicyclic) bond motifs is 11. The number of hydrogen-bond donors (Lipinski definition) is 0. The average molecular weight is 835 g/mol. The summed E-state index contributed by atoms with van der Waals surface area (Å²) in [5.41, 5.74) is 10.5. The van der Waals surface area contributed by atoms with Crippen molar-refractivity contribution in [3.8, 4) is 11.1 Å². The van der Waals surface area contributed by atoms with Gasteiger partial charge in [0.15, 0.2) is 5.58 Å². The summed E-state index contributed by atoms with van der Waals surface area (Å²) in [5, 5.41) is 11.5. The largest absolute Gasteiger partial charge is 0.453 e. The molecule has 0 N–H and O–H groups in total. The fourth-order valence-electron chi connectivity index (χ4n) is 9.93. The Labute approximate surface area is 373 Å². The van der Waals surface area contributed by atoms with E-state index in [9.17, 15) is 0 Å². The third-order valence-electron chi connectivity index (χ3n) is 12.8. The van der Waals surface area contributed by atoms with Gasteiger partial charge < -0.3 is 14.2 Å². The fourth-order valence-corrected chi connectivity index (χ4v) is 11.1. The van der Waals surface area contributed by atoms with Crippen LogP contribution in [-0.4, -0.2) is 0 Å². The SMILES string of the molecule is c1ccc(-c2ccc(N(c3cc4ccccc4c4c3oc3c5ccccc5c(N(c5ccccc5)c5cccc6ccccc56)cc34)c3cccc4sc5ccccc5c34)cc2)cc1. The molecule has 0 amide bonds. The molecule has 300 valence electrons. The molecule has 2 heterocycles. The van der Waals surface area contributed by atoms with Crippen molar-refractivity contribution in [3.63, 3.8) is 0 Å². The van der Waals surface area contributed by atoms with Gasteiger partial charge in [0, 0.05) is 58.5 Å². The topological polar surface area (TPSA) is 19.6 Å². The molecule has 0 bridgehead atoms. The van der Waals surface area contributed by atoms with Crippen molar-refractivity contribution in [2.24, 2.45) is 0 Å². The van der Waals surface area contributed by atoms with E-state index in [1.54, 1.807) is 0 Å². The second kappa shape index (κ2) is 14.7. The molecule has 4 heteroatoms. The van der Waals surface area contributed by atoms with E-state index in [1.807, 2.05) is 11.3 Å². The highest BCUT2D eigenvalue weighted by molar-refractivity contribution is 7.26. The first-order valence-corrected chi connectivity index (χ1v) is 22.6. The number of furan rings is 1. The molecular weight excluding hydrogens is 797 g/mol. The second-order valence-corrected chi connectivity index (χ2v) is 17.5. The maximum Gasteiger partial charge on any atom is 0.160 e. The van der Waals surface area contributed by atoms with Crippen LogP contribution in [0, 0.1) is 0 Å². The zero-order valence-corrected chi connectivity index (χ0v) is 35.5. The summed E-state index contributed by atoms with van der Waals surface area (Å²) >= 11 is 1.84. The Morgan fingerprint density at radius 2 is 0.859 bits per heavy atom. The highest BCUT2D eigenvalue weighted by Gasteiger charge is 2.27. The summed E-state index contributed by atoms with van der Waals surface area (Å²) in [6.45, 7) is 0. The van der Waals surface area contributed by atoms with Crippen LogP contribution in [0.4, 0.5) is 34.1 Å². The minimum absolute atomic E-state index is 0.844. The molecule has 0 aliphatic carbocycles. The van der Waals surface area contributed by atoms with Gasteiger partial charge in [-0.15, -0.1) is 11.3 Å². The number of anilines is 6. The van der Waals surface area contributed by atoms with Crippen molar-refractivity contribution in [2.45, 2.75) is 0 Å². The first-order chi connectivity index (χ1) is 31.8. The average Bonchev–Trinajstić information content (AvgIpc) is 3.95. The van der Waals surface area contributed by atoms with Crippen LogP contribution < -0.4 is 9.80 Å². The van der Waals surface area contributed by atoms with E-state index in [4.69, 9.17) is 4.42 Å². The molecule has 0 atom stereocenters. The number of rotatable bonds is 7. The molecular formula is C60H38N2OS. The van der Waals surface area contributed by atoms with E-state index in [2.05, 4.69) is 240 Å². The van der Waals surface area contributed by atoms with Gasteiger partial charge in [0.05, 0.1) is 22.7 Å². The lowest BCUT2D eigenvalue weighted by Gasteiger charge is -2.28. The summed E-state index contributed by atoms with van der Waals surface area (Å²) in [7, 11) is 0. The normalized spacial score (nSPS) is 11.8. The molecule has 13 aromatic rings. The lowest BCUT2D eigenvalue weighted by Crippen LogP contribution is -2.11. The van der Waals surface area contributed by atoms with Gasteiger partial charge in [-0.05, 0) is 87.9 Å². The minimum Gasteiger partial charge on any atom is -0.453 e. The predicted octanol–water partition coefficient (Wildman–Crippen LogP) is 18.0. The van der Waals surface area contributed by atoms with Crippen molar-refractivity contribution in [1.82, 2.24) is 0 Å². The Hall–Kier alpha value is -8.18. The van der Waals surface area contributed by atoms with E-state index in [0.717, 1.165) is 77.6 Å². The highest BCUT2D eigenvalue weighted by atomic mass is 32.1. The molecule has 0 radical (unpaired) electrons. The van der Waals surface area contributed by atoms with E-state index < -0.39 is 0 Å². The van der Waals surface area contributed by atoms with Gasteiger partial charge in [-0.1, -0.05) is 170 Å². The summed E-state index contributed by atoms with van der Waals surface area (Å²) in [6, 6.07) is 83.3. The third-order valence-corrected chi connectivity index (χ3v) is 13.9. The summed E-state index contributed by atoms with van der Waals surface area (Å²) in [5.74, 6) is 0. The zero-order chi connectivity index (χ0) is 42.1. The van der Waals surface area contributed by atoms with Crippen molar-refractivity contribution in [2.75, 3.05) is 9.80 Å². The maximum atomic E-state index is 7.46. The molecule has 11 aromatic carbocycles. The second-order valence-electron chi connectivity index (χ2n) is 16.4. The van der Waals surface area contributed by atoms with Gasteiger partial charge in [0.2, 0.25) is 0 Å². The van der Waals surface area contributed by atoms with E-state index >= 15 is 0 Å². The Kier molecular flexibility index (Phi) is 8.40. The molecule has 3 nitrogen and oxygen atoms in total. The Morgan fingerprint density at radius 3 is 1.67 bits per heavy atom. The summed E-state index contributed by atoms with van der Waals surface area (Å²) < 4.78 is 9.98. The molecule has 64 heavy (non-hydrogen) atoms. The number of benzene rings is 11. The first kappa shape index (κ1) is 36.5. The van der Waals surface area contributed by atoms with Gasteiger partial charge in [-0.2, -0.15) is 0 Å². The molecule has 0 spiro atoms. The van der Waals surface area contributed by atoms with Gasteiger partial charge >= 0.3 is 0 Å². The standard InChI is InChI=1S/C60H38N2OS/c1-3-17-39(18-4-1)40-33-35-44(36-34-40)62(52-30-16-32-56-58(52)49-28-13-14-31-55(49)64-56)54-37-42-20-8-10-25-46(42)57-50-38-53(47-26-11-12-27-48(47)59(50)63-60(54)57)61(43-22-5-2-6-23-43)51-29-15-21-41-19-7-9-24-45(41)51/h1-38H. The number of nitrogens with zero attached hydrogens (tertiary/aromatic N) is 2. The highest BCUT2D eigenvalue weighted by Crippen LogP contribution is 2.52. The van der Waals surface area contributed by atoms with Crippen molar-refractivity contribution in [1.29, 1.82) is 0 Å². The number of hydrogen-bond acceptors (Lipinski definition) is 4. The predicted molar refractivity (Wildman–Crippen MR) is 274 cm³/mol. The molecule has 0 fully saturated rings. The maximum absolute atomic E-state index is 7.46. The molecule has 0 aliphatic heterocycles. The number of thiophene rings is 1. The van der Waals surface area contributed by atoms with Crippen LogP contribution in [0.1, 0.15) is 0 Å². The molecule has 2 aromatic heterocycles.